The fourth-order valence-corrected chi connectivity index (χ4v) is 4.10. The van der Waals surface area contributed by atoms with E-state index in [4.69, 9.17) is 11.6 Å². The minimum Gasteiger partial charge on any atom is -0.481 e. The van der Waals surface area contributed by atoms with Crippen molar-refractivity contribution in [2.24, 2.45) is 11.8 Å². The molecule has 1 aliphatic carbocycles. The van der Waals surface area contributed by atoms with Gasteiger partial charge in [0.15, 0.2) is 0 Å². The third kappa shape index (κ3) is 4.01. The number of piperidine rings is 1. The maximum absolute atomic E-state index is 12.8. The molecular formula is C19H23ClN2O4. The summed E-state index contributed by atoms with van der Waals surface area (Å²) in [6.45, 7) is 0.569. The van der Waals surface area contributed by atoms with Crippen molar-refractivity contribution in [3.63, 3.8) is 0 Å². The molecule has 0 bridgehead atoms. The summed E-state index contributed by atoms with van der Waals surface area (Å²) in [5.74, 6) is -2.03. The summed E-state index contributed by atoms with van der Waals surface area (Å²) in [6, 6.07) is 6.58. The lowest BCUT2D eigenvalue weighted by atomic mass is 9.81. The molecule has 2 amide bonds. The highest BCUT2D eigenvalue weighted by molar-refractivity contribution is 6.33. The number of carbonyl (C=O) groups is 3. The lowest BCUT2D eigenvalue weighted by molar-refractivity contribution is -0.144. The summed E-state index contributed by atoms with van der Waals surface area (Å²) in [4.78, 5) is 38.2. The van der Waals surface area contributed by atoms with Gasteiger partial charge >= 0.3 is 5.97 Å². The fraction of sp³-hybridized carbons (Fsp3) is 0.526. The maximum Gasteiger partial charge on any atom is 0.306 e. The van der Waals surface area contributed by atoms with Gasteiger partial charge in [-0.05, 0) is 44.2 Å². The van der Waals surface area contributed by atoms with Gasteiger partial charge in [0.25, 0.3) is 0 Å². The number of carbonyl (C=O) groups excluding carboxylic acids is 2. The van der Waals surface area contributed by atoms with Crippen LogP contribution in [0.5, 0.6) is 0 Å². The lowest BCUT2D eigenvalue weighted by Gasteiger charge is -2.34. The quantitative estimate of drug-likeness (QED) is 0.843. The molecule has 1 aliphatic heterocycles. The molecular weight excluding hydrogens is 356 g/mol. The second-order valence-corrected chi connectivity index (χ2v) is 7.45. The molecule has 2 aliphatic rings. The van der Waals surface area contributed by atoms with E-state index in [9.17, 15) is 19.5 Å². The summed E-state index contributed by atoms with van der Waals surface area (Å²) < 4.78 is 0. The van der Waals surface area contributed by atoms with Crippen LogP contribution in [0.1, 0.15) is 38.5 Å². The van der Waals surface area contributed by atoms with Gasteiger partial charge < -0.3 is 15.3 Å². The standard InChI is InChI=1S/C19H23ClN2O4/c20-14-7-1-2-9-16(14)22-10-4-8-15(18(22)24)21-17(23)12-5-3-6-13(11-12)19(25)26/h1-2,7,9,12-13,15H,3-6,8,10-11H2,(H,21,23)(H,25,26). The number of para-hydroxylation sites is 1. The van der Waals surface area contributed by atoms with Crippen LogP contribution in [0.15, 0.2) is 24.3 Å². The van der Waals surface area contributed by atoms with Crippen LogP contribution in [0.25, 0.3) is 0 Å². The first kappa shape index (κ1) is 18.7. The summed E-state index contributed by atoms with van der Waals surface area (Å²) in [5, 5.41) is 12.5. The van der Waals surface area contributed by atoms with E-state index in [1.54, 1.807) is 17.0 Å². The van der Waals surface area contributed by atoms with Crippen molar-refractivity contribution in [2.75, 3.05) is 11.4 Å². The molecule has 2 N–H and O–H groups in total. The molecule has 3 rings (SSSR count). The Morgan fingerprint density at radius 3 is 2.58 bits per heavy atom. The molecule has 6 nitrogen and oxygen atoms in total. The smallest absolute Gasteiger partial charge is 0.306 e. The van der Waals surface area contributed by atoms with Crippen LogP contribution in [-0.4, -0.2) is 35.5 Å². The van der Waals surface area contributed by atoms with Crippen LogP contribution in [0.2, 0.25) is 5.02 Å². The van der Waals surface area contributed by atoms with E-state index in [1.165, 1.54) is 0 Å². The van der Waals surface area contributed by atoms with Gasteiger partial charge in [-0.1, -0.05) is 30.2 Å². The fourth-order valence-electron chi connectivity index (χ4n) is 3.86. The number of carboxylic acids is 1. The number of hydrogen-bond donors (Lipinski definition) is 2. The number of carboxylic acid groups (broad SMARTS) is 1. The molecule has 3 atom stereocenters. The Balaban J connectivity index is 1.66. The topological polar surface area (TPSA) is 86.7 Å². The molecule has 1 saturated carbocycles. The zero-order chi connectivity index (χ0) is 18.7. The molecule has 0 aromatic heterocycles. The van der Waals surface area contributed by atoms with Gasteiger partial charge in [0.05, 0.1) is 16.6 Å². The molecule has 1 aromatic rings. The average Bonchev–Trinajstić information content (AvgIpc) is 2.64. The third-order valence-electron chi connectivity index (χ3n) is 5.29. The summed E-state index contributed by atoms with van der Waals surface area (Å²) >= 11 is 6.21. The molecule has 3 unspecified atom stereocenters. The number of rotatable bonds is 4. The Hall–Kier alpha value is -2.08. The Morgan fingerprint density at radius 1 is 1.12 bits per heavy atom. The first-order valence-corrected chi connectivity index (χ1v) is 9.44. The predicted octanol–water partition coefficient (Wildman–Crippen LogP) is 2.84. The van der Waals surface area contributed by atoms with Crippen LogP contribution in [0, 0.1) is 11.8 Å². The zero-order valence-corrected chi connectivity index (χ0v) is 15.2. The highest BCUT2D eigenvalue weighted by Gasteiger charge is 2.35. The number of nitrogens with one attached hydrogen (secondary N) is 1. The number of anilines is 1. The highest BCUT2D eigenvalue weighted by Crippen LogP contribution is 2.31. The van der Waals surface area contributed by atoms with Crippen molar-refractivity contribution in [2.45, 2.75) is 44.6 Å². The molecule has 140 valence electrons. The first-order chi connectivity index (χ1) is 12.5. The molecule has 1 aromatic carbocycles. The van der Waals surface area contributed by atoms with Gasteiger partial charge in [0.2, 0.25) is 11.8 Å². The monoisotopic (exact) mass is 378 g/mol. The number of nitrogens with zero attached hydrogens (tertiary/aromatic N) is 1. The largest absolute Gasteiger partial charge is 0.481 e. The number of halogens is 1. The van der Waals surface area contributed by atoms with E-state index in [1.807, 2.05) is 12.1 Å². The first-order valence-electron chi connectivity index (χ1n) is 9.06. The molecule has 0 spiro atoms. The van der Waals surface area contributed by atoms with Gasteiger partial charge in [0.1, 0.15) is 6.04 Å². The number of aliphatic carboxylic acids is 1. The van der Waals surface area contributed by atoms with E-state index in [2.05, 4.69) is 5.32 Å². The van der Waals surface area contributed by atoms with E-state index in [0.29, 0.717) is 42.9 Å². The van der Waals surface area contributed by atoms with Crippen LogP contribution in [0.3, 0.4) is 0 Å². The van der Waals surface area contributed by atoms with E-state index in [0.717, 1.165) is 12.8 Å². The molecule has 1 saturated heterocycles. The third-order valence-corrected chi connectivity index (χ3v) is 5.61. The van der Waals surface area contributed by atoms with E-state index >= 15 is 0 Å². The number of hydrogen-bond acceptors (Lipinski definition) is 3. The Kier molecular flexibility index (Phi) is 5.81. The van der Waals surface area contributed by atoms with Crippen LogP contribution in [0.4, 0.5) is 5.69 Å². The van der Waals surface area contributed by atoms with Crippen molar-refractivity contribution < 1.29 is 19.5 Å². The molecule has 1 heterocycles. The van der Waals surface area contributed by atoms with Crippen molar-refractivity contribution in [3.05, 3.63) is 29.3 Å². The van der Waals surface area contributed by atoms with Gasteiger partial charge in [0, 0.05) is 12.5 Å². The van der Waals surface area contributed by atoms with Gasteiger partial charge in [-0.25, -0.2) is 0 Å². The van der Waals surface area contributed by atoms with Crippen molar-refractivity contribution >= 4 is 35.1 Å². The Labute approximate surface area is 157 Å². The number of benzene rings is 1. The van der Waals surface area contributed by atoms with Gasteiger partial charge in [-0.2, -0.15) is 0 Å². The van der Waals surface area contributed by atoms with Crippen molar-refractivity contribution in [1.29, 1.82) is 0 Å². The molecule has 26 heavy (non-hydrogen) atoms. The van der Waals surface area contributed by atoms with Crippen LogP contribution >= 0.6 is 11.6 Å². The van der Waals surface area contributed by atoms with Gasteiger partial charge in [-0.3, -0.25) is 14.4 Å². The minimum absolute atomic E-state index is 0.164. The SMILES string of the molecule is O=C(O)C1CCCC(C(=O)NC2CCCN(c3ccccc3Cl)C2=O)C1. The van der Waals surface area contributed by atoms with Crippen LogP contribution < -0.4 is 10.2 Å². The Morgan fingerprint density at radius 2 is 1.85 bits per heavy atom. The van der Waals surface area contributed by atoms with Crippen molar-refractivity contribution in [1.82, 2.24) is 5.32 Å². The van der Waals surface area contributed by atoms with Gasteiger partial charge in [-0.15, -0.1) is 0 Å². The number of amides is 2. The molecule has 7 heteroatoms. The highest BCUT2D eigenvalue weighted by atomic mass is 35.5. The zero-order valence-electron chi connectivity index (χ0n) is 14.5. The predicted molar refractivity (Wildman–Crippen MR) is 98.1 cm³/mol. The summed E-state index contributed by atoms with van der Waals surface area (Å²) in [7, 11) is 0. The average molecular weight is 379 g/mol. The second kappa shape index (κ2) is 8.08. The van der Waals surface area contributed by atoms with Crippen molar-refractivity contribution in [3.8, 4) is 0 Å². The maximum atomic E-state index is 12.8. The summed E-state index contributed by atoms with van der Waals surface area (Å²) in [5.41, 5.74) is 0.654. The molecule has 2 fully saturated rings. The Bertz CT molecular complexity index is 709. The molecule has 0 radical (unpaired) electrons. The van der Waals surface area contributed by atoms with E-state index in [-0.39, 0.29) is 17.7 Å². The lowest BCUT2D eigenvalue weighted by Crippen LogP contribution is -2.54. The van der Waals surface area contributed by atoms with E-state index < -0.39 is 17.9 Å². The minimum atomic E-state index is -0.846. The van der Waals surface area contributed by atoms with Crippen LogP contribution in [-0.2, 0) is 14.4 Å². The summed E-state index contributed by atoms with van der Waals surface area (Å²) in [6.07, 6.45) is 3.70. The normalized spacial score (nSPS) is 26.4. The second-order valence-electron chi connectivity index (χ2n) is 7.04.